The van der Waals surface area contributed by atoms with Crippen LogP contribution in [0.1, 0.15) is 43.7 Å². The number of nitrogens with one attached hydrogen (secondary N) is 2. The molecule has 9 heteroatoms. The third kappa shape index (κ3) is 6.02. The third-order valence-corrected chi connectivity index (χ3v) is 5.77. The van der Waals surface area contributed by atoms with E-state index in [0.29, 0.717) is 22.0 Å². The molecule has 34 heavy (non-hydrogen) atoms. The summed E-state index contributed by atoms with van der Waals surface area (Å²) in [7, 11) is 0. The van der Waals surface area contributed by atoms with Crippen molar-refractivity contribution in [3.8, 4) is 5.75 Å². The van der Waals surface area contributed by atoms with E-state index in [9.17, 15) is 14.0 Å². The molecule has 4 aromatic rings. The molecule has 0 bridgehead atoms. The van der Waals surface area contributed by atoms with Gasteiger partial charge in [0.1, 0.15) is 18.2 Å². The summed E-state index contributed by atoms with van der Waals surface area (Å²) >= 11 is 1.08. The Morgan fingerprint density at radius 3 is 2.47 bits per heavy atom. The van der Waals surface area contributed by atoms with Crippen LogP contribution in [-0.2, 0) is 6.61 Å². The molecule has 3 aromatic carbocycles. The van der Waals surface area contributed by atoms with E-state index < -0.39 is 11.7 Å². The largest absolute Gasteiger partial charge is 0.486 e. The summed E-state index contributed by atoms with van der Waals surface area (Å²) in [6.07, 6.45) is 0. The van der Waals surface area contributed by atoms with Gasteiger partial charge in [-0.2, -0.15) is 0 Å². The van der Waals surface area contributed by atoms with Gasteiger partial charge >= 0.3 is 0 Å². The molecule has 0 spiro atoms. The highest BCUT2D eigenvalue weighted by Crippen LogP contribution is 2.19. The van der Waals surface area contributed by atoms with E-state index in [1.807, 2.05) is 37.3 Å². The molecule has 0 radical (unpaired) electrons. The lowest BCUT2D eigenvalue weighted by molar-refractivity contribution is 0.0939. The molecule has 0 saturated carbocycles. The van der Waals surface area contributed by atoms with Crippen molar-refractivity contribution < 1.29 is 18.7 Å². The van der Waals surface area contributed by atoms with Crippen LogP contribution in [0, 0.1) is 5.82 Å². The highest BCUT2D eigenvalue weighted by atomic mass is 32.1. The summed E-state index contributed by atoms with van der Waals surface area (Å²) in [6, 6.07) is 22.0. The van der Waals surface area contributed by atoms with Crippen molar-refractivity contribution in [2.24, 2.45) is 0 Å². The lowest BCUT2D eigenvalue weighted by Gasteiger charge is -2.14. The van der Waals surface area contributed by atoms with Gasteiger partial charge in [-0.05, 0) is 55.0 Å². The summed E-state index contributed by atoms with van der Waals surface area (Å²) in [5, 5.41) is 14.0. The second kappa shape index (κ2) is 10.7. The molecule has 2 amide bonds. The molecule has 1 aromatic heterocycles. The van der Waals surface area contributed by atoms with Crippen molar-refractivity contribution in [2.75, 3.05) is 5.32 Å². The van der Waals surface area contributed by atoms with Crippen LogP contribution in [0.25, 0.3) is 0 Å². The molecule has 0 aliphatic rings. The van der Waals surface area contributed by atoms with E-state index in [4.69, 9.17) is 4.74 Å². The van der Waals surface area contributed by atoms with Crippen molar-refractivity contribution >= 4 is 28.8 Å². The number of carbonyl (C=O) groups is 2. The smallest absolute Gasteiger partial charge is 0.286 e. The Hall–Kier alpha value is -4.11. The van der Waals surface area contributed by atoms with Gasteiger partial charge in [-0.15, -0.1) is 10.2 Å². The number of halogens is 1. The van der Waals surface area contributed by atoms with Gasteiger partial charge in [0, 0.05) is 11.3 Å². The van der Waals surface area contributed by atoms with Crippen molar-refractivity contribution in [1.29, 1.82) is 0 Å². The number of carbonyl (C=O) groups excluding carboxylic acids is 2. The summed E-state index contributed by atoms with van der Waals surface area (Å²) in [4.78, 5) is 24.8. The molecule has 0 aliphatic heterocycles. The van der Waals surface area contributed by atoms with Crippen molar-refractivity contribution in [2.45, 2.75) is 19.6 Å². The zero-order valence-corrected chi connectivity index (χ0v) is 19.0. The van der Waals surface area contributed by atoms with E-state index in [1.165, 1.54) is 18.2 Å². The first-order valence-electron chi connectivity index (χ1n) is 10.5. The average Bonchev–Trinajstić information content (AvgIpc) is 3.33. The zero-order chi connectivity index (χ0) is 23.9. The Bertz CT molecular complexity index is 1280. The zero-order valence-electron chi connectivity index (χ0n) is 18.2. The maximum atomic E-state index is 13.3. The molecule has 1 heterocycles. The number of aromatic nitrogens is 2. The van der Waals surface area contributed by atoms with Gasteiger partial charge < -0.3 is 15.4 Å². The highest BCUT2D eigenvalue weighted by molar-refractivity contribution is 7.13. The van der Waals surface area contributed by atoms with Crippen LogP contribution in [-0.4, -0.2) is 22.0 Å². The molecular weight excluding hydrogens is 455 g/mol. The fourth-order valence-electron chi connectivity index (χ4n) is 3.11. The van der Waals surface area contributed by atoms with Crippen LogP contribution < -0.4 is 15.4 Å². The predicted molar refractivity (Wildman–Crippen MR) is 127 cm³/mol. The van der Waals surface area contributed by atoms with Gasteiger partial charge in [0.25, 0.3) is 11.8 Å². The maximum Gasteiger partial charge on any atom is 0.286 e. The average molecular weight is 477 g/mol. The minimum Gasteiger partial charge on any atom is -0.486 e. The Morgan fingerprint density at radius 1 is 0.971 bits per heavy atom. The number of hydrogen-bond donors (Lipinski definition) is 2. The van der Waals surface area contributed by atoms with Gasteiger partial charge in [-0.25, -0.2) is 4.39 Å². The van der Waals surface area contributed by atoms with Crippen LogP contribution >= 0.6 is 11.3 Å². The maximum absolute atomic E-state index is 13.3. The molecule has 0 aliphatic carbocycles. The van der Waals surface area contributed by atoms with Gasteiger partial charge in [0.05, 0.1) is 6.04 Å². The van der Waals surface area contributed by atoms with Crippen LogP contribution in [0.3, 0.4) is 0 Å². The number of hydrogen-bond acceptors (Lipinski definition) is 6. The van der Waals surface area contributed by atoms with Gasteiger partial charge in [0.2, 0.25) is 5.01 Å². The minimum atomic E-state index is -0.477. The number of amides is 2. The lowest BCUT2D eigenvalue weighted by Crippen LogP contribution is -2.26. The second-order valence-electron chi connectivity index (χ2n) is 7.38. The predicted octanol–water partition coefficient (Wildman–Crippen LogP) is 5.00. The SMILES string of the molecule is C[C@@H](NC(=O)c1ccc(OCc2nnc(C(=O)Nc3cccc(F)c3)s2)cc1)c1ccccc1. The van der Waals surface area contributed by atoms with Crippen LogP contribution in [0.15, 0.2) is 78.9 Å². The monoisotopic (exact) mass is 476 g/mol. The Balaban J connectivity index is 1.29. The second-order valence-corrected chi connectivity index (χ2v) is 8.45. The van der Waals surface area contributed by atoms with Crippen LogP contribution in [0.2, 0.25) is 0 Å². The minimum absolute atomic E-state index is 0.113. The first-order chi connectivity index (χ1) is 16.5. The molecule has 0 fully saturated rings. The van der Waals surface area contributed by atoms with Gasteiger partial charge in [0.15, 0.2) is 5.01 Å². The normalized spacial score (nSPS) is 11.5. The summed E-state index contributed by atoms with van der Waals surface area (Å²) in [5.41, 5.74) is 1.87. The van der Waals surface area contributed by atoms with Gasteiger partial charge in [-0.1, -0.05) is 47.7 Å². The highest BCUT2D eigenvalue weighted by Gasteiger charge is 2.14. The van der Waals surface area contributed by atoms with E-state index in [2.05, 4.69) is 20.8 Å². The van der Waals surface area contributed by atoms with Gasteiger partial charge in [-0.3, -0.25) is 9.59 Å². The van der Waals surface area contributed by atoms with E-state index in [1.54, 1.807) is 30.3 Å². The fourth-order valence-corrected chi connectivity index (χ4v) is 3.76. The summed E-state index contributed by atoms with van der Waals surface area (Å²) < 4.78 is 19.0. The number of rotatable bonds is 8. The molecule has 0 unspecified atom stereocenters. The molecule has 1 atom stereocenters. The number of ether oxygens (including phenoxy) is 1. The number of nitrogens with zero attached hydrogens (tertiary/aromatic N) is 2. The fraction of sp³-hybridized carbons (Fsp3) is 0.120. The van der Waals surface area contributed by atoms with Crippen molar-refractivity contribution in [3.63, 3.8) is 0 Å². The van der Waals surface area contributed by atoms with Crippen LogP contribution in [0.4, 0.5) is 10.1 Å². The molecule has 0 saturated heterocycles. The molecule has 4 rings (SSSR count). The Labute approximate surface area is 199 Å². The topological polar surface area (TPSA) is 93.2 Å². The van der Waals surface area contributed by atoms with Crippen LogP contribution in [0.5, 0.6) is 5.75 Å². The van der Waals surface area contributed by atoms with Crippen molar-refractivity contribution in [3.05, 3.63) is 106 Å². The molecule has 2 N–H and O–H groups in total. The molecule has 7 nitrogen and oxygen atoms in total. The summed E-state index contributed by atoms with van der Waals surface area (Å²) in [6.45, 7) is 2.04. The Morgan fingerprint density at radius 2 is 1.74 bits per heavy atom. The Kier molecular flexibility index (Phi) is 7.24. The van der Waals surface area contributed by atoms with E-state index in [0.717, 1.165) is 16.9 Å². The molecular formula is C25H21FN4O3S. The molecule has 172 valence electrons. The number of anilines is 1. The number of benzene rings is 3. The third-order valence-electron chi connectivity index (χ3n) is 4.87. The lowest BCUT2D eigenvalue weighted by atomic mass is 10.1. The van der Waals surface area contributed by atoms with Crippen molar-refractivity contribution in [1.82, 2.24) is 15.5 Å². The first-order valence-corrected chi connectivity index (χ1v) is 11.3. The first kappa shape index (κ1) is 23.1. The van der Waals surface area contributed by atoms with E-state index >= 15 is 0 Å². The standard InChI is InChI=1S/C25H21FN4O3S/c1-16(17-6-3-2-4-7-17)27-23(31)18-10-12-21(13-11-18)33-15-22-29-30-25(34-22)24(32)28-20-9-5-8-19(26)14-20/h2-14,16H,15H2,1H3,(H,27,31)(H,28,32)/t16-/m1/s1. The quantitative estimate of drug-likeness (QED) is 0.373. The summed E-state index contributed by atoms with van der Waals surface area (Å²) in [5.74, 6) is -0.553. The van der Waals surface area contributed by atoms with E-state index in [-0.39, 0.29) is 23.6 Å².